The van der Waals surface area contributed by atoms with Crippen LogP contribution in [0.4, 0.5) is 4.39 Å². The molecule has 0 aliphatic rings. The van der Waals surface area contributed by atoms with Gasteiger partial charge in [0.15, 0.2) is 11.6 Å². The summed E-state index contributed by atoms with van der Waals surface area (Å²) in [4.78, 5) is 0. The lowest BCUT2D eigenvalue weighted by atomic mass is 10.2. The van der Waals surface area contributed by atoms with Gasteiger partial charge < -0.3 is 9.67 Å². The van der Waals surface area contributed by atoms with Crippen LogP contribution in [0.15, 0.2) is 18.2 Å². The fourth-order valence-corrected chi connectivity index (χ4v) is 2.00. The van der Waals surface area contributed by atoms with Crippen molar-refractivity contribution in [1.82, 2.24) is 14.8 Å². The van der Waals surface area contributed by atoms with Crippen LogP contribution in [0.5, 0.6) is 0 Å². The van der Waals surface area contributed by atoms with E-state index in [0.29, 0.717) is 16.7 Å². The Morgan fingerprint density at radius 2 is 2.11 bits per heavy atom. The smallest absolute Gasteiger partial charge is 0.167 e. The number of benzene rings is 1. The zero-order valence-corrected chi connectivity index (χ0v) is 10.8. The largest absolute Gasteiger partial charge is 0.388 e. The van der Waals surface area contributed by atoms with E-state index < -0.39 is 5.82 Å². The molecule has 4 nitrogen and oxygen atoms in total. The number of halogens is 2. The van der Waals surface area contributed by atoms with Crippen LogP contribution in [-0.2, 0) is 6.61 Å². The van der Waals surface area contributed by atoms with E-state index in [-0.39, 0.29) is 18.2 Å². The predicted octanol–water partition coefficient (Wildman–Crippen LogP) is 2.81. The summed E-state index contributed by atoms with van der Waals surface area (Å²) in [7, 11) is 0. The topological polar surface area (TPSA) is 50.9 Å². The van der Waals surface area contributed by atoms with Crippen LogP contribution < -0.4 is 0 Å². The van der Waals surface area contributed by atoms with E-state index in [2.05, 4.69) is 10.2 Å². The van der Waals surface area contributed by atoms with Crippen molar-refractivity contribution in [1.29, 1.82) is 0 Å². The molecule has 2 rings (SSSR count). The number of aliphatic hydroxyl groups is 1. The highest BCUT2D eigenvalue weighted by Crippen LogP contribution is 2.27. The first-order valence-corrected chi connectivity index (χ1v) is 5.92. The van der Waals surface area contributed by atoms with E-state index in [9.17, 15) is 9.50 Å². The molecular weight excluding hydrogens is 257 g/mol. The van der Waals surface area contributed by atoms with Gasteiger partial charge in [-0.1, -0.05) is 11.6 Å². The maximum atomic E-state index is 13.8. The second-order valence-electron chi connectivity index (χ2n) is 4.19. The Morgan fingerprint density at radius 3 is 2.72 bits per heavy atom. The molecule has 0 unspecified atom stereocenters. The monoisotopic (exact) mass is 269 g/mol. The first-order chi connectivity index (χ1) is 8.54. The Kier molecular flexibility index (Phi) is 3.63. The van der Waals surface area contributed by atoms with Crippen LogP contribution >= 0.6 is 11.6 Å². The summed E-state index contributed by atoms with van der Waals surface area (Å²) in [5.41, 5.74) is 0.281. The van der Waals surface area contributed by atoms with Crippen molar-refractivity contribution in [2.45, 2.75) is 26.5 Å². The number of aromatic nitrogens is 3. The van der Waals surface area contributed by atoms with E-state index >= 15 is 0 Å². The molecule has 1 aromatic carbocycles. The number of hydrogen-bond acceptors (Lipinski definition) is 3. The molecule has 1 N–H and O–H groups in total. The Balaban J connectivity index is 2.63. The molecule has 0 saturated carbocycles. The minimum atomic E-state index is -0.418. The molecule has 2 aromatic rings. The van der Waals surface area contributed by atoms with Crippen LogP contribution in [0.1, 0.15) is 25.7 Å². The van der Waals surface area contributed by atoms with E-state index in [1.165, 1.54) is 18.2 Å². The quantitative estimate of drug-likeness (QED) is 0.932. The second kappa shape index (κ2) is 5.04. The van der Waals surface area contributed by atoms with Crippen LogP contribution in [0.3, 0.4) is 0 Å². The van der Waals surface area contributed by atoms with E-state index in [1.807, 2.05) is 13.8 Å². The number of rotatable bonds is 3. The third-order valence-electron chi connectivity index (χ3n) is 2.59. The van der Waals surface area contributed by atoms with Gasteiger partial charge in [-0.3, -0.25) is 0 Å². The second-order valence-corrected chi connectivity index (χ2v) is 4.62. The third kappa shape index (κ3) is 2.23. The average Bonchev–Trinajstić information content (AvgIpc) is 2.75. The van der Waals surface area contributed by atoms with Crippen molar-refractivity contribution >= 4 is 11.6 Å². The molecule has 0 spiro atoms. The van der Waals surface area contributed by atoms with Crippen molar-refractivity contribution in [3.8, 4) is 11.4 Å². The van der Waals surface area contributed by atoms with Gasteiger partial charge in [0.05, 0.1) is 5.56 Å². The summed E-state index contributed by atoms with van der Waals surface area (Å²) in [5.74, 6) is 0.353. The summed E-state index contributed by atoms with van der Waals surface area (Å²) in [5, 5.41) is 17.4. The van der Waals surface area contributed by atoms with Crippen molar-refractivity contribution in [2.24, 2.45) is 0 Å². The molecule has 0 amide bonds. The highest BCUT2D eigenvalue weighted by molar-refractivity contribution is 6.30. The standard InChI is InChI=1S/C12H13ClFN3O/c1-7(2)17-11(6-18)15-16-12(17)9-5-8(13)3-4-10(9)14/h3-5,7,18H,6H2,1-2H3. The summed E-state index contributed by atoms with van der Waals surface area (Å²) < 4.78 is 15.5. The average molecular weight is 270 g/mol. The van der Waals surface area contributed by atoms with Gasteiger partial charge in [0.2, 0.25) is 0 Å². The number of aliphatic hydroxyl groups excluding tert-OH is 1. The van der Waals surface area contributed by atoms with Crippen molar-refractivity contribution < 1.29 is 9.50 Å². The minimum absolute atomic E-state index is 0.00975. The SMILES string of the molecule is CC(C)n1c(CO)nnc1-c1cc(Cl)ccc1F. The van der Waals surface area contributed by atoms with E-state index in [4.69, 9.17) is 11.6 Å². The summed E-state index contributed by atoms with van der Waals surface area (Å²) in [6.45, 7) is 3.58. The van der Waals surface area contributed by atoms with Gasteiger partial charge in [0.1, 0.15) is 12.4 Å². The molecule has 18 heavy (non-hydrogen) atoms. The molecule has 0 aliphatic heterocycles. The molecule has 0 aliphatic carbocycles. The fourth-order valence-electron chi connectivity index (χ4n) is 1.83. The predicted molar refractivity (Wildman–Crippen MR) is 66.7 cm³/mol. The molecule has 0 bridgehead atoms. The lowest BCUT2D eigenvalue weighted by Crippen LogP contribution is -2.08. The van der Waals surface area contributed by atoms with Crippen molar-refractivity contribution in [2.75, 3.05) is 0 Å². The van der Waals surface area contributed by atoms with Crippen LogP contribution in [-0.4, -0.2) is 19.9 Å². The van der Waals surface area contributed by atoms with Gasteiger partial charge >= 0.3 is 0 Å². The molecule has 96 valence electrons. The third-order valence-corrected chi connectivity index (χ3v) is 2.83. The first kappa shape index (κ1) is 13.0. The van der Waals surface area contributed by atoms with Crippen LogP contribution in [0.25, 0.3) is 11.4 Å². The molecule has 0 fully saturated rings. The minimum Gasteiger partial charge on any atom is -0.388 e. The van der Waals surface area contributed by atoms with Crippen molar-refractivity contribution in [3.05, 3.63) is 34.9 Å². The molecule has 0 atom stereocenters. The molecule has 0 saturated heterocycles. The maximum Gasteiger partial charge on any atom is 0.167 e. The summed E-state index contributed by atoms with van der Waals surface area (Å²) in [6, 6.07) is 4.27. The normalized spacial score (nSPS) is 11.2. The van der Waals surface area contributed by atoms with Gasteiger partial charge in [-0.15, -0.1) is 10.2 Å². The maximum absolute atomic E-state index is 13.8. The summed E-state index contributed by atoms with van der Waals surface area (Å²) >= 11 is 5.87. The summed E-state index contributed by atoms with van der Waals surface area (Å²) in [6.07, 6.45) is 0. The lowest BCUT2D eigenvalue weighted by molar-refractivity contribution is 0.262. The zero-order valence-electron chi connectivity index (χ0n) is 10.1. The van der Waals surface area contributed by atoms with E-state index in [1.54, 1.807) is 4.57 Å². The molecule has 6 heteroatoms. The van der Waals surface area contributed by atoms with Gasteiger partial charge in [-0.05, 0) is 32.0 Å². The van der Waals surface area contributed by atoms with E-state index in [0.717, 1.165) is 0 Å². The van der Waals surface area contributed by atoms with Gasteiger partial charge in [-0.25, -0.2) is 4.39 Å². The Bertz CT molecular complexity index is 568. The Hall–Kier alpha value is -1.46. The molecular formula is C12H13ClFN3O. The van der Waals surface area contributed by atoms with Crippen LogP contribution in [0, 0.1) is 5.82 Å². The van der Waals surface area contributed by atoms with Gasteiger partial charge in [-0.2, -0.15) is 0 Å². The number of nitrogens with zero attached hydrogens (tertiary/aromatic N) is 3. The van der Waals surface area contributed by atoms with Crippen LogP contribution in [0.2, 0.25) is 5.02 Å². The lowest BCUT2D eigenvalue weighted by Gasteiger charge is -2.13. The molecule has 1 aromatic heterocycles. The van der Waals surface area contributed by atoms with Gasteiger partial charge in [0.25, 0.3) is 0 Å². The van der Waals surface area contributed by atoms with Gasteiger partial charge in [0, 0.05) is 11.1 Å². The fraction of sp³-hybridized carbons (Fsp3) is 0.333. The first-order valence-electron chi connectivity index (χ1n) is 5.54. The highest BCUT2D eigenvalue weighted by atomic mass is 35.5. The Morgan fingerprint density at radius 1 is 1.39 bits per heavy atom. The zero-order chi connectivity index (χ0) is 13.3. The Labute approximate surface area is 109 Å². The molecule has 0 radical (unpaired) electrons. The number of hydrogen-bond donors (Lipinski definition) is 1. The van der Waals surface area contributed by atoms with Crippen molar-refractivity contribution in [3.63, 3.8) is 0 Å². The highest BCUT2D eigenvalue weighted by Gasteiger charge is 2.18. The molecule has 1 heterocycles.